The number of aromatic amines is 1. The number of rotatable bonds is 4. The van der Waals surface area contributed by atoms with Gasteiger partial charge in [-0.3, -0.25) is 4.79 Å². The number of nitrogens with one attached hydrogen (secondary N) is 1. The van der Waals surface area contributed by atoms with Crippen LogP contribution in [0.5, 0.6) is 0 Å². The fourth-order valence-electron chi connectivity index (χ4n) is 3.20. The largest absolute Gasteiger partial charge is 0.361 e. The quantitative estimate of drug-likeness (QED) is 0.537. The van der Waals surface area contributed by atoms with Gasteiger partial charge >= 0.3 is 0 Å². The van der Waals surface area contributed by atoms with Gasteiger partial charge in [0.25, 0.3) is 0 Å². The van der Waals surface area contributed by atoms with Crippen molar-refractivity contribution in [3.05, 3.63) is 71.0 Å². The minimum absolute atomic E-state index is 0.515. The Hall–Kier alpha value is -2.52. The zero-order valence-corrected chi connectivity index (χ0v) is 13.2. The van der Waals surface area contributed by atoms with Crippen molar-refractivity contribution in [1.29, 1.82) is 0 Å². The van der Waals surface area contributed by atoms with E-state index in [0.717, 1.165) is 35.7 Å². The SMILES string of the molecule is O=Cc1c(Cl)n(CCc2c[nH]c3ccccc23)c2ccccc12. The van der Waals surface area contributed by atoms with Crippen molar-refractivity contribution >= 4 is 39.7 Å². The summed E-state index contributed by atoms with van der Waals surface area (Å²) in [5, 5.41) is 2.66. The molecule has 0 aliphatic rings. The molecule has 0 aliphatic carbocycles. The maximum Gasteiger partial charge on any atom is 0.153 e. The highest BCUT2D eigenvalue weighted by molar-refractivity contribution is 6.34. The zero-order chi connectivity index (χ0) is 15.8. The first-order valence-corrected chi connectivity index (χ1v) is 7.94. The van der Waals surface area contributed by atoms with E-state index in [1.165, 1.54) is 10.9 Å². The smallest absolute Gasteiger partial charge is 0.153 e. The first-order chi connectivity index (χ1) is 11.3. The Labute approximate surface area is 138 Å². The molecule has 4 heteroatoms. The first kappa shape index (κ1) is 14.1. The number of aromatic nitrogens is 2. The Morgan fingerprint density at radius 1 is 1.04 bits per heavy atom. The summed E-state index contributed by atoms with van der Waals surface area (Å²) in [6.45, 7) is 0.731. The standard InChI is InChI=1S/C19H15ClN2O/c20-19-16(12-23)15-6-2-4-8-18(15)22(19)10-9-13-11-21-17-7-3-1-5-14(13)17/h1-8,11-12,21H,9-10H2. The molecule has 0 unspecified atom stereocenters. The molecule has 3 nitrogen and oxygen atoms in total. The molecule has 0 spiro atoms. The fraction of sp³-hybridized carbons (Fsp3) is 0.105. The van der Waals surface area contributed by atoms with E-state index >= 15 is 0 Å². The van der Waals surface area contributed by atoms with Gasteiger partial charge in [0.05, 0.1) is 5.56 Å². The topological polar surface area (TPSA) is 37.8 Å². The molecule has 0 fully saturated rings. The number of hydrogen-bond acceptors (Lipinski definition) is 1. The monoisotopic (exact) mass is 322 g/mol. The molecule has 0 radical (unpaired) electrons. The lowest BCUT2D eigenvalue weighted by molar-refractivity contribution is 0.112. The summed E-state index contributed by atoms with van der Waals surface area (Å²) < 4.78 is 2.02. The second-order valence-corrected chi connectivity index (χ2v) is 5.96. The molecule has 23 heavy (non-hydrogen) atoms. The van der Waals surface area contributed by atoms with Crippen molar-refractivity contribution < 1.29 is 4.79 Å². The van der Waals surface area contributed by atoms with Crippen LogP contribution in [0.2, 0.25) is 5.15 Å². The third kappa shape index (κ3) is 2.25. The predicted molar refractivity (Wildman–Crippen MR) is 94.3 cm³/mol. The van der Waals surface area contributed by atoms with E-state index in [4.69, 9.17) is 11.6 Å². The highest BCUT2D eigenvalue weighted by Crippen LogP contribution is 2.29. The fourth-order valence-corrected chi connectivity index (χ4v) is 3.52. The highest BCUT2D eigenvalue weighted by atomic mass is 35.5. The highest BCUT2D eigenvalue weighted by Gasteiger charge is 2.15. The normalized spacial score (nSPS) is 11.3. The van der Waals surface area contributed by atoms with E-state index in [2.05, 4.69) is 17.1 Å². The molecule has 114 valence electrons. The van der Waals surface area contributed by atoms with Crippen LogP contribution in [0.4, 0.5) is 0 Å². The van der Waals surface area contributed by atoms with E-state index < -0.39 is 0 Å². The number of benzene rings is 2. The van der Waals surface area contributed by atoms with E-state index in [9.17, 15) is 4.79 Å². The van der Waals surface area contributed by atoms with Crippen molar-refractivity contribution in [3.63, 3.8) is 0 Å². The molecule has 0 saturated carbocycles. The third-order valence-electron chi connectivity index (χ3n) is 4.34. The Balaban J connectivity index is 1.73. The van der Waals surface area contributed by atoms with E-state index in [0.29, 0.717) is 10.7 Å². The summed E-state index contributed by atoms with van der Waals surface area (Å²) in [6.07, 6.45) is 3.73. The van der Waals surface area contributed by atoms with Gasteiger partial charge in [0, 0.05) is 34.5 Å². The lowest BCUT2D eigenvalue weighted by Gasteiger charge is -2.07. The maximum absolute atomic E-state index is 11.4. The van der Waals surface area contributed by atoms with Crippen LogP contribution in [0.25, 0.3) is 21.8 Å². The molecular weight excluding hydrogens is 308 g/mol. The van der Waals surface area contributed by atoms with Crippen LogP contribution in [0, 0.1) is 0 Å². The first-order valence-electron chi connectivity index (χ1n) is 7.56. The molecule has 4 aromatic rings. The Bertz CT molecular complexity index is 1010. The van der Waals surface area contributed by atoms with Crippen molar-refractivity contribution in [2.75, 3.05) is 0 Å². The van der Waals surface area contributed by atoms with Crippen molar-refractivity contribution in [1.82, 2.24) is 9.55 Å². The minimum atomic E-state index is 0.515. The number of aldehydes is 1. The molecular formula is C19H15ClN2O. The molecule has 1 N–H and O–H groups in total. The van der Waals surface area contributed by atoms with Crippen LogP contribution in [-0.2, 0) is 13.0 Å². The van der Waals surface area contributed by atoms with Gasteiger partial charge in [-0.1, -0.05) is 48.0 Å². The lowest BCUT2D eigenvalue weighted by atomic mass is 10.1. The molecule has 0 atom stereocenters. The van der Waals surface area contributed by atoms with Crippen LogP contribution in [0.1, 0.15) is 15.9 Å². The van der Waals surface area contributed by atoms with Gasteiger partial charge < -0.3 is 9.55 Å². The molecule has 0 amide bonds. The van der Waals surface area contributed by atoms with Gasteiger partial charge in [0.2, 0.25) is 0 Å². The maximum atomic E-state index is 11.4. The number of halogens is 1. The molecule has 2 aromatic carbocycles. The van der Waals surface area contributed by atoms with Crippen LogP contribution < -0.4 is 0 Å². The molecule has 0 saturated heterocycles. The number of carbonyl (C=O) groups is 1. The van der Waals surface area contributed by atoms with E-state index in [1.54, 1.807) is 0 Å². The van der Waals surface area contributed by atoms with Crippen molar-refractivity contribution in [2.45, 2.75) is 13.0 Å². The number of aryl methyl sites for hydroxylation is 2. The zero-order valence-electron chi connectivity index (χ0n) is 12.4. The molecule has 4 rings (SSSR count). The van der Waals surface area contributed by atoms with Crippen molar-refractivity contribution in [2.24, 2.45) is 0 Å². The van der Waals surface area contributed by atoms with E-state index in [1.807, 2.05) is 47.2 Å². The summed E-state index contributed by atoms with van der Waals surface area (Å²) in [5.41, 5.74) is 3.96. The molecule has 0 bridgehead atoms. The summed E-state index contributed by atoms with van der Waals surface area (Å²) in [7, 11) is 0. The molecule has 2 heterocycles. The number of fused-ring (bicyclic) bond motifs is 2. The molecule has 2 aromatic heterocycles. The van der Waals surface area contributed by atoms with Crippen LogP contribution >= 0.6 is 11.6 Å². The summed E-state index contributed by atoms with van der Waals surface area (Å²) in [4.78, 5) is 14.7. The Kier molecular flexibility index (Phi) is 3.43. The lowest BCUT2D eigenvalue weighted by Crippen LogP contribution is -2.01. The van der Waals surface area contributed by atoms with Crippen LogP contribution in [-0.4, -0.2) is 15.8 Å². The summed E-state index contributed by atoms with van der Waals surface area (Å²) >= 11 is 6.43. The van der Waals surface area contributed by atoms with Gasteiger partial charge in [-0.25, -0.2) is 0 Å². The van der Waals surface area contributed by atoms with Crippen LogP contribution in [0.15, 0.2) is 54.7 Å². The minimum Gasteiger partial charge on any atom is -0.361 e. The second kappa shape index (κ2) is 5.60. The predicted octanol–water partition coefficient (Wildman–Crippen LogP) is 4.83. The van der Waals surface area contributed by atoms with Gasteiger partial charge in [0.1, 0.15) is 5.15 Å². The van der Waals surface area contributed by atoms with E-state index in [-0.39, 0.29) is 0 Å². The Morgan fingerprint density at radius 3 is 2.61 bits per heavy atom. The third-order valence-corrected chi connectivity index (χ3v) is 4.75. The van der Waals surface area contributed by atoms with Crippen LogP contribution in [0.3, 0.4) is 0 Å². The number of para-hydroxylation sites is 2. The van der Waals surface area contributed by atoms with Crippen molar-refractivity contribution in [3.8, 4) is 0 Å². The van der Waals surface area contributed by atoms with Gasteiger partial charge in [-0.2, -0.15) is 0 Å². The summed E-state index contributed by atoms with van der Waals surface area (Å²) in [6, 6.07) is 16.1. The Morgan fingerprint density at radius 2 is 1.78 bits per heavy atom. The van der Waals surface area contributed by atoms with Gasteiger partial charge in [-0.15, -0.1) is 0 Å². The van der Waals surface area contributed by atoms with Gasteiger partial charge in [0.15, 0.2) is 6.29 Å². The second-order valence-electron chi connectivity index (χ2n) is 5.60. The average molecular weight is 323 g/mol. The number of carbonyl (C=O) groups excluding carboxylic acids is 1. The van der Waals surface area contributed by atoms with Gasteiger partial charge in [-0.05, 0) is 24.1 Å². The average Bonchev–Trinajstić information content (AvgIpc) is 3.11. The number of H-pyrrole nitrogens is 1. The molecule has 0 aliphatic heterocycles. The summed E-state index contributed by atoms with van der Waals surface area (Å²) in [5.74, 6) is 0. The number of nitrogens with zero attached hydrogens (tertiary/aromatic N) is 1. The number of hydrogen-bond donors (Lipinski definition) is 1.